The molecule has 0 saturated heterocycles. The predicted molar refractivity (Wildman–Crippen MR) is 109 cm³/mol. The number of hydrogen-bond donors (Lipinski definition) is 1. The van der Waals surface area contributed by atoms with Crippen LogP contribution in [0.5, 0.6) is 0 Å². The van der Waals surface area contributed by atoms with Gasteiger partial charge in [0.25, 0.3) is 5.24 Å². The topological polar surface area (TPSA) is 98.5 Å². The summed E-state index contributed by atoms with van der Waals surface area (Å²) in [5.41, 5.74) is 1.00. The molecule has 9 heteroatoms. The Bertz CT molecular complexity index is 1080. The SMILES string of the molecule is CCCOCNS(=O)(=O)c1c(-c2ncco2)ccc(-c2ccccc2)c1C(=O)Cl. The number of nitrogens with one attached hydrogen (secondary N) is 1. The molecule has 0 fully saturated rings. The van der Waals surface area contributed by atoms with Crippen LogP contribution in [0.1, 0.15) is 23.7 Å². The Morgan fingerprint density at radius 3 is 2.52 bits per heavy atom. The summed E-state index contributed by atoms with van der Waals surface area (Å²) in [7, 11) is -4.18. The average Bonchev–Trinajstić information content (AvgIpc) is 3.25. The standard InChI is InChI=1S/C20H19ClN2O5S/c1-2-11-27-13-23-29(25,26)18-16(20-22-10-12-28-20)9-8-15(17(18)19(21)24)14-6-4-3-5-7-14/h3-10,12,23H,2,11,13H2,1H3. The molecule has 7 nitrogen and oxygen atoms in total. The number of oxazole rings is 1. The van der Waals surface area contributed by atoms with Crippen LogP contribution < -0.4 is 4.72 Å². The number of carbonyl (C=O) groups is 1. The molecule has 1 aromatic heterocycles. The highest BCUT2D eigenvalue weighted by molar-refractivity contribution is 7.89. The van der Waals surface area contributed by atoms with E-state index in [4.69, 9.17) is 20.8 Å². The molecule has 0 atom stereocenters. The van der Waals surface area contributed by atoms with Crippen molar-refractivity contribution in [1.82, 2.24) is 9.71 Å². The van der Waals surface area contributed by atoms with Crippen LogP contribution in [0.3, 0.4) is 0 Å². The Labute approximate surface area is 173 Å². The molecule has 3 aromatic rings. The minimum Gasteiger partial charge on any atom is -0.444 e. The highest BCUT2D eigenvalue weighted by atomic mass is 35.5. The van der Waals surface area contributed by atoms with Gasteiger partial charge in [-0.05, 0) is 35.2 Å². The van der Waals surface area contributed by atoms with Crippen LogP contribution in [-0.4, -0.2) is 32.0 Å². The van der Waals surface area contributed by atoms with E-state index in [0.29, 0.717) is 17.7 Å². The maximum atomic E-state index is 13.1. The van der Waals surface area contributed by atoms with E-state index < -0.39 is 15.3 Å². The number of carbonyl (C=O) groups excluding carboxylic acids is 1. The van der Waals surface area contributed by atoms with E-state index in [1.807, 2.05) is 13.0 Å². The van der Waals surface area contributed by atoms with Gasteiger partial charge in [-0.2, -0.15) is 4.72 Å². The lowest BCUT2D eigenvalue weighted by atomic mass is 9.98. The van der Waals surface area contributed by atoms with E-state index in [0.717, 1.165) is 6.42 Å². The Morgan fingerprint density at radius 2 is 1.90 bits per heavy atom. The molecular weight excluding hydrogens is 416 g/mol. The second kappa shape index (κ2) is 9.32. The van der Waals surface area contributed by atoms with Gasteiger partial charge in [0, 0.05) is 6.61 Å². The zero-order valence-corrected chi connectivity index (χ0v) is 17.2. The van der Waals surface area contributed by atoms with Crippen LogP contribution in [0, 0.1) is 0 Å². The molecule has 1 heterocycles. The first-order chi connectivity index (χ1) is 14.0. The molecule has 0 bridgehead atoms. The minimum atomic E-state index is -4.18. The normalized spacial score (nSPS) is 11.5. The molecule has 0 aliphatic heterocycles. The molecule has 0 saturated carbocycles. The zero-order valence-electron chi connectivity index (χ0n) is 15.6. The van der Waals surface area contributed by atoms with Crippen molar-refractivity contribution < 1.29 is 22.4 Å². The molecule has 29 heavy (non-hydrogen) atoms. The summed E-state index contributed by atoms with van der Waals surface area (Å²) in [4.78, 5) is 16.1. The van der Waals surface area contributed by atoms with E-state index >= 15 is 0 Å². The highest BCUT2D eigenvalue weighted by Crippen LogP contribution is 2.36. The number of rotatable bonds is 9. The van der Waals surface area contributed by atoms with Crippen molar-refractivity contribution >= 4 is 26.9 Å². The van der Waals surface area contributed by atoms with Gasteiger partial charge in [-0.25, -0.2) is 13.4 Å². The van der Waals surface area contributed by atoms with Crippen molar-refractivity contribution in [3.05, 3.63) is 60.5 Å². The largest absolute Gasteiger partial charge is 0.444 e. The first-order valence-electron chi connectivity index (χ1n) is 8.85. The van der Waals surface area contributed by atoms with Gasteiger partial charge in [0.1, 0.15) is 17.9 Å². The van der Waals surface area contributed by atoms with Gasteiger partial charge < -0.3 is 9.15 Å². The van der Waals surface area contributed by atoms with Gasteiger partial charge in [-0.1, -0.05) is 43.3 Å². The van der Waals surface area contributed by atoms with Crippen LogP contribution in [0.25, 0.3) is 22.6 Å². The van der Waals surface area contributed by atoms with Crippen LogP contribution in [0.15, 0.2) is 64.2 Å². The van der Waals surface area contributed by atoms with E-state index in [1.54, 1.807) is 36.4 Å². The van der Waals surface area contributed by atoms with Crippen LogP contribution in [0.2, 0.25) is 0 Å². The van der Waals surface area contributed by atoms with Gasteiger partial charge in [-0.3, -0.25) is 4.79 Å². The fourth-order valence-electron chi connectivity index (χ4n) is 2.85. The number of ether oxygens (including phenoxy) is 1. The molecule has 0 unspecified atom stereocenters. The number of nitrogens with zero attached hydrogens (tertiary/aromatic N) is 1. The molecule has 0 radical (unpaired) electrons. The quantitative estimate of drug-likeness (QED) is 0.310. The predicted octanol–water partition coefficient (Wildman–Crippen LogP) is 4.05. The van der Waals surface area contributed by atoms with E-state index in [-0.39, 0.29) is 28.6 Å². The maximum Gasteiger partial charge on any atom is 0.254 e. The minimum absolute atomic E-state index is 0.0543. The van der Waals surface area contributed by atoms with Crippen LogP contribution >= 0.6 is 11.6 Å². The fourth-order valence-corrected chi connectivity index (χ4v) is 4.40. The first-order valence-corrected chi connectivity index (χ1v) is 10.7. The Hall–Kier alpha value is -2.52. The van der Waals surface area contributed by atoms with Crippen molar-refractivity contribution in [3.63, 3.8) is 0 Å². The summed E-state index contributed by atoms with van der Waals surface area (Å²) < 4.78 is 39.2. The fraction of sp³-hybridized carbons (Fsp3) is 0.200. The molecule has 0 amide bonds. The number of sulfonamides is 1. The monoisotopic (exact) mass is 434 g/mol. The summed E-state index contributed by atoms with van der Waals surface area (Å²) in [5.74, 6) is 0.0543. The summed E-state index contributed by atoms with van der Waals surface area (Å²) in [5, 5.41) is -0.910. The van der Waals surface area contributed by atoms with Crippen molar-refractivity contribution in [2.75, 3.05) is 13.3 Å². The van der Waals surface area contributed by atoms with Gasteiger partial charge in [-0.15, -0.1) is 0 Å². The third-order valence-electron chi connectivity index (χ3n) is 4.07. The number of halogens is 1. The first kappa shape index (κ1) is 21.2. The molecule has 3 rings (SSSR count). The van der Waals surface area contributed by atoms with Gasteiger partial charge in [0.15, 0.2) is 0 Å². The molecule has 1 N–H and O–H groups in total. The Kier molecular flexibility index (Phi) is 6.81. The lowest BCUT2D eigenvalue weighted by molar-refractivity contribution is 0.107. The molecule has 152 valence electrons. The summed E-state index contributed by atoms with van der Waals surface area (Å²) in [6, 6.07) is 12.1. The summed E-state index contributed by atoms with van der Waals surface area (Å²) in [6.07, 6.45) is 3.44. The molecule has 2 aromatic carbocycles. The molecule has 0 spiro atoms. The number of hydrogen-bond acceptors (Lipinski definition) is 6. The van der Waals surface area contributed by atoms with Gasteiger partial charge in [0.2, 0.25) is 15.9 Å². The zero-order chi connectivity index (χ0) is 20.9. The molecule has 0 aliphatic rings. The lowest BCUT2D eigenvalue weighted by Gasteiger charge is -2.16. The summed E-state index contributed by atoms with van der Waals surface area (Å²) in [6.45, 7) is 2.05. The Balaban J connectivity index is 2.23. The van der Waals surface area contributed by atoms with Crippen molar-refractivity contribution in [2.45, 2.75) is 18.2 Å². The van der Waals surface area contributed by atoms with Crippen molar-refractivity contribution in [2.24, 2.45) is 0 Å². The molecule has 0 aliphatic carbocycles. The van der Waals surface area contributed by atoms with Gasteiger partial charge >= 0.3 is 0 Å². The third-order valence-corrected chi connectivity index (χ3v) is 5.72. The average molecular weight is 435 g/mol. The van der Waals surface area contributed by atoms with E-state index in [2.05, 4.69) is 9.71 Å². The maximum absolute atomic E-state index is 13.1. The van der Waals surface area contributed by atoms with Crippen LogP contribution in [0.4, 0.5) is 0 Å². The Morgan fingerprint density at radius 1 is 1.17 bits per heavy atom. The highest BCUT2D eigenvalue weighted by Gasteiger charge is 2.30. The van der Waals surface area contributed by atoms with Crippen molar-refractivity contribution in [3.8, 4) is 22.6 Å². The number of aromatic nitrogens is 1. The second-order valence-electron chi connectivity index (χ2n) is 6.04. The smallest absolute Gasteiger partial charge is 0.254 e. The third kappa shape index (κ3) is 4.73. The number of benzene rings is 2. The second-order valence-corrected chi connectivity index (χ2v) is 8.09. The van der Waals surface area contributed by atoms with Crippen LogP contribution in [-0.2, 0) is 14.8 Å². The lowest BCUT2D eigenvalue weighted by Crippen LogP contribution is -2.28. The molecular formula is C20H19ClN2O5S. The van der Waals surface area contributed by atoms with Crippen molar-refractivity contribution in [1.29, 1.82) is 0 Å². The van der Waals surface area contributed by atoms with Gasteiger partial charge in [0.05, 0.1) is 17.3 Å². The van der Waals surface area contributed by atoms with E-state index in [9.17, 15) is 13.2 Å². The van der Waals surface area contributed by atoms with E-state index in [1.165, 1.54) is 12.5 Å². The summed E-state index contributed by atoms with van der Waals surface area (Å²) >= 11 is 5.87.